The van der Waals surface area contributed by atoms with Crippen molar-refractivity contribution in [2.45, 2.75) is 6.92 Å². The van der Waals surface area contributed by atoms with Crippen LogP contribution >= 0.6 is 0 Å². The highest BCUT2D eigenvalue weighted by atomic mass is 16.5. The van der Waals surface area contributed by atoms with Gasteiger partial charge < -0.3 is 14.2 Å². The molecule has 2 aromatic rings. The molecule has 0 saturated carbocycles. The van der Waals surface area contributed by atoms with Gasteiger partial charge in [-0.25, -0.2) is 0 Å². The van der Waals surface area contributed by atoms with E-state index in [-0.39, 0.29) is 5.97 Å². The molecule has 0 N–H and O–H groups in total. The Kier molecular flexibility index (Phi) is 4.25. The van der Waals surface area contributed by atoms with Crippen LogP contribution in [-0.2, 0) is 4.79 Å². The van der Waals surface area contributed by atoms with E-state index >= 15 is 0 Å². The molecule has 0 amide bonds. The fourth-order valence-electron chi connectivity index (χ4n) is 1.93. The van der Waals surface area contributed by atoms with Gasteiger partial charge in [0.05, 0.1) is 14.2 Å². The summed E-state index contributed by atoms with van der Waals surface area (Å²) in [6.07, 6.45) is 0. The third-order valence-corrected chi connectivity index (χ3v) is 2.81. The Labute approximate surface area is 117 Å². The number of esters is 1. The highest BCUT2D eigenvalue weighted by molar-refractivity contribution is 5.75. The van der Waals surface area contributed by atoms with E-state index in [1.54, 1.807) is 26.4 Å². The lowest BCUT2D eigenvalue weighted by Crippen LogP contribution is -2.01. The summed E-state index contributed by atoms with van der Waals surface area (Å²) in [6.45, 7) is 1.37. The minimum atomic E-state index is -0.347. The Morgan fingerprint density at radius 1 is 0.950 bits per heavy atom. The normalized spacial score (nSPS) is 9.95. The van der Waals surface area contributed by atoms with Crippen LogP contribution in [0.5, 0.6) is 17.2 Å². The Hall–Kier alpha value is -2.49. The number of hydrogen-bond donors (Lipinski definition) is 0. The lowest BCUT2D eigenvalue weighted by molar-refractivity contribution is -0.131. The minimum absolute atomic E-state index is 0.347. The van der Waals surface area contributed by atoms with E-state index < -0.39 is 0 Å². The first-order chi connectivity index (χ1) is 9.63. The second-order valence-corrected chi connectivity index (χ2v) is 4.19. The average molecular weight is 272 g/mol. The summed E-state index contributed by atoms with van der Waals surface area (Å²) in [4.78, 5) is 11.0. The van der Waals surface area contributed by atoms with Crippen molar-refractivity contribution in [3.05, 3.63) is 42.5 Å². The summed E-state index contributed by atoms with van der Waals surface area (Å²) in [7, 11) is 3.22. The first-order valence-corrected chi connectivity index (χ1v) is 6.15. The van der Waals surface area contributed by atoms with Gasteiger partial charge in [0.15, 0.2) is 0 Å². The summed E-state index contributed by atoms with van der Waals surface area (Å²) in [5, 5.41) is 0. The van der Waals surface area contributed by atoms with Crippen molar-refractivity contribution in [2.24, 2.45) is 0 Å². The zero-order valence-electron chi connectivity index (χ0n) is 11.7. The summed E-state index contributed by atoms with van der Waals surface area (Å²) in [6, 6.07) is 12.8. The predicted molar refractivity (Wildman–Crippen MR) is 76.3 cm³/mol. The van der Waals surface area contributed by atoms with E-state index in [2.05, 4.69) is 0 Å². The number of benzene rings is 2. The third-order valence-electron chi connectivity index (χ3n) is 2.81. The van der Waals surface area contributed by atoms with Crippen LogP contribution < -0.4 is 14.2 Å². The molecule has 0 unspecified atom stereocenters. The maximum Gasteiger partial charge on any atom is 0.308 e. The standard InChI is InChI=1S/C16H16O4/c1-11(17)20-14-6-4-5-12(9-14)15-10-13(18-2)7-8-16(15)19-3/h4-10H,1-3H3. The molecule has 0 bridgehead atoms. The van der Waals surface area contributed by atoms with Gasteiger partial charge in [0.1, 0.15) is 17.2 Å². The fraction of sp³-hybridized carbons (Fsp3) is 0.188. The van der Waals surface area contributed by atoms with Crippen molar-refractivity contribution in [3.63, 3.8) is 0 Å². The zero-order chi connectivity index (χ0) is 14.5. The Bertz CT molecular complexity index is 620. The van der Waals surface area contributed by atoms with Crippen molar-refractivity contribution < 1.29 is 19.0 Å². The van der Waals surface area contributed by atoms with Crippen LogP contribution in [0.25, 0.3) is 11.1 Å². The molecule has 104 valence electrons. The molecule has 4 heteroatoms. The van der Waals surface area contributed by atoms with E-state index in [1.165, 1.54) is 6.92 Å². The van der Waals surface area contributed by atoms with Crippen LogP contribution in [0.3, 0.4) is 0 Å². The maximum atomic E-state index is 11.0. The predicted octanol–water partition coefficient (Wildman–Crippen LogP) is 3.30. The van der Waals surface area contributed by atoms with Gasteiger partial charge in [0.25, 0.3) is 0 Å². The van der Waals surface area contributed by atoms with Gasteiger partial charge in [-0.15, -0.1) is 0 Å². The van der Waals surface area contributed by atoms with Gasteiger partial charge in [-0.2, -0.15) is 0 Å². The molecule has 0 aliphatic heterocycles. The monoisotopic (exact) mass is 272 g/mol. The van der Waals surface area contributed by atoms with Crippen LogP contribution in [0, 0.1) is 0 Å². The van der Waals surface area contributed by atoms with Gasteiger partial charge >= 0.3 is 5.97 Å². The molecule has 2 rings (SSSR count). The van der Waals surface area contributed by atoms with Crippen molar-refractivity contribution in [1.82, 2.24) is 0 Å². The second-order valence-electron chi connectivity index (χ2n) is 4.19. The largest absolute Gasteiger partial charge is 0.497 e. The number of carbonyl (C=O) groups excluding carboxylic acids is 1. The number of methoxy groups -OCH3 is 2. The first-order valence-electron chi connectivity index (χ1n) is 6.15. The fourth-order valence-corrected chi connectivity index (χ4v) is 1.93. The Morgan fingerprint density at radius 2 is 1.75 bits per heavy atom. The van der Waals surface area contributed by atoms with Crippen molar-refractivity contribution in [3.8, 4) is 28.4 Å². The lowest BCUT2D eigenvalue weighted by atomic mass is 10.0. The number of ether oxygens (including phenoxy) is 3. The molecule has 0 aliphatic carbocycles. The van der Waals surface area contributed by atoms with Gasteiger partial charge in [0, 0.05) is 12.5 Å². The van der Waals surface area contributed by atoms with E-state index in [9.17, 15) is 4.79 Å². The van der Waals surface area contributed by atoms with Gasteiger partial charge in [-0.3, -0.25) is 4.79 Å². The average Bonchev–Trinajstić information content (AvgIpc) is 2.46. The second kappa shape index (κ2) is 6.10. The molecule has 0 radical (unpaired) electrons. The number of carbonyl (C=O) groups is 1. The van der Waals surface area contributed by atoms with Crippen molar-refractivity contribution in [2.75, 3.05) is 14.2 Å². The highest BCUT2D eigenvalue weighted by Crippen LogP contribution is 2.34. The molecule has 2 aromatic carbocycles. The molecule has 0 aromatic heterocycles. The van der Waals surface area contributed by atoms with Crippen LogP contribution in [0.4, 0.5) is 0 Å². The zero-order valence-corrected chi connectivity index (χ0v) is 11.7. The summed E-state index contributed by atoms with van der Waals surface area (Å²) < 4.78 is 15.7. The molecule has 0 fully saturated rings. The molecule has 4 nitrogen and oxygen atoms in total. The van der Waals surface area contributed by atoms with E-state index in [1.807, 2.05) is 30.3 Å². The lowest BCUT2D eigenvalue weighted by Gasteiger charge is -2.11. The molecule has 20 heavy (non-hydrogen) atoms. The molecule has 0 atom stereocenters. The third kappa shape index (κ3) is 3.09. The van der Waals surface area contributed by atoms with Crippen LogP contribution in [0.15, 0.2) is 42.5 Å². The number of rotatable bonds is 4. The van der Waals surface area contributed by atoms with Crippen LogP contribution in [0.1, 0.15) is 6.92 Å². The highest BCUT2D eigenvalue weighted by Gasteiger charge is 2.09. The van der Waals surface area contributed by atoms with Crippen molar-refractivity contribution in [1.29, 1.82) is 0 Å². The van der Waals surface area contributed by atoms with Gasteiger partial charge in [-0.1, -0.05) is 12.1 Å². The van der Waals surface area contributed by atoms with E-state index in [0.29, 0.717) is 5.75 Å². The molecule has 0 aliphatic rings. The van der Waals surface area contributed by atoms with Crippen molar-refractivity contribution >= 4 is 5.97 Å². The van der Waals surface area contributed by atoms with Crippen LogP contribution in [-0.4, -0.2) is 20.2 Å². The van der Waals surface area contributed by atoms with E-state index in [4.69, 9.17) is 14.2 Å². The van der Waals surface area contributed by atoms with Crippen LogP contribution in [0.2, 0.25) is 0 Å². The Morgan fingerprint density at radius 3 is 2.40 bits per heavy atom. The molecular weight excluding hydrogens is 256 g/mol. The topological polar surface area (TPSA) is 44.8 Å². The molecule has 0 saturated heterocycles. The summed E-state index contributed by atoms with van der Waals surface area (Å²) >= 11 is 0. The maximum absolute atomic E-state index is 11.0. The smallest absolute Gasteiger partial charge is 0.308 e. The van der Waals surface area contributed by atoms with Gasteiger partial charge in [-0.05, 0) is 35.9 Å². The summed E-state index contributed by atoms with van der Waals surface area (Å²) in [5.74, 6) is 1.61. The molecule has 0 heterocycles. The molecule has 0 spiro atoms. The van der Waals surface area contributed by atoms with E-state index in [0.717, 1.165) is 22.6 Å². The number of hydrogen-bond acceptors (Lipinski definition) is 4. The molecular formula is C16H16O4. The SMILES string of the molecule is COc1ccc(OC)c(-c2cccc(OC(C)=O)c2)c1. The van der Waals surface area contributed by atoms with Gasteiger partial charge in [0.2, 0.25) is 0 Å². The minimum Gasteiger partial charge on any atom is -0.497 e. The summed E-state index contributed by atoms with van der Waals surface area (Å²) in [5.41, 5.74) is 1.76. The Balaban J connectivity index is 2.46. The quantitative estimate of drug-likeness (QED) is 0.633. The first kappa shape index (κ1) is 13.9.